The summed E-state index contributed by atoms with van der Waals surface area (Å²) in [6, 6.07) is 2.36. The first-order chi connectivity index (χ1) is 6.69. The minimum atomic E-state index is 0.252. The normalized spacial score (nSPS) is 12.4. The van der Waals surface area contributed by atoms with Crippen LogP contribution in [0.15, 0.2) is 13.6 Å². The maximum Gasteiger partial charge on any atom is 0.0758 e. The molecule has 0 amide bonds. The minimum Gasteiger partial charge on any atom is -0.309 e. The van der Waals surface area contributed by atoms with Crippen molar-refractivity contribution in [2.75, 3.05) is 6.54 Å². The van der Waals surface area contributed by atoms with E-state index in [1.165, 1.54) is 5.56 Å². The highest BCUT2D eigenvalue weighted by Gasteiger charge is 2.14. The molecule has 0 bridgehead atoms. The van der Waals surface area contributed by atoms with Crippen LogP contribution in [0.25, 0.3) is 0 Å². The van der Waals surface area contributed by atoms with Crippen LogP contribution in [0.2, 0.25) is 0 Å². The van der Waals surface area contributed by atoms with Crippen molar-refractivity contribution in [3.8, 4) is 12.3 Å². The molecule has 1 nitrogen and oxygen atoms in total. The fourth-order valence-corrected chi connectivity index (χ4v) is 4.22. The van der Waals surface area contributed by atoms with E-state index in [1.807, 2.05) is 0 Å². The largest absolute Gasteiger partial charge is 0.309 e. The second-order valence-corrected chi connectivity index (χ2v) is 6.55. The molecular formula is C10H11Br2NS. The van der Waals surface area contributed by atoms with Crippen LogP contribution in [-0.4, -0.2) is 6.54 Å². The van der Waals surface area contributed by atoms with Crippen LogP contribution in [0.4, 0.5) is 0 Å². The summed E-state index contributed by atoms with van der Waals surface area (Å²) in [6.45, 7) is 3.01. The van der Waals surface area contributed by atoms with Crippen molar-refractivity contribution in [2.24, 2.45) is 0 Å². The third-order valence-corrected chi connectivity index (χ3v) is 4.22. The molecule has 1 aromatic rings. The number of hydrogen-bond acceptors (Lipinski definition) is 2. The highest BCUT2D eigenvalue weighted by Crippen LogP contribution is 2.36. The number of thiophene rings is 1. The average molecular weight is 337 g/mol. The van der Waals surface area contributed by atoms with E-state index >= 15 is 0 Å². The molecule has 14 heavy (non-hydrogen) atoms. The molecule has 76 valence electrons. The summed E-state index contributed by atoms with van der Waals surface area (Å²) in [7, 11) is 0. The first kappa shape index (κ1) is 12.3. The smallest absolute Gasteiger partial charge is 0.0758 e. The quantitative estimate of drug-likeness (QED) is 0.821. The Morgan fingerprint density at radius 2 is 2.36 bits per heavy atom. The SMILES string of the molecule is C#CCC(NCC)c1cc(Br)sc1Br. The highest BCUT2D eigenvalue weighted by atomic mass is 79.9. The van der Waals surface area contributed by atoms with Gasteiger partial charge in [-0.15, -0.1) is 23.7 Å². The van der Waals surface area contributed by atoms with Gasteiger partial charge in [0.05, 0.1) is 7.57 Å². The van der Waals surface area contributed by atoms with Gasteiger partial charge in [-0.2, -0.15) is 0 Å². The molecule has 1 rings (SSSR count). The van der Waals surface area contributed by atoms with Crippen LogP contribution in [0.5, 0.6) is 0 Å². The Morgan fingerprint density at radius 1 is 1.64 bits per heavy atom. The van der Waals surface area contributed by atoms with Gasteiger partial charge in [0, 0.05) is 12.5 Å². The number of halogens is 2. The second-order valence-electron chi connectivity index (χ2n) is 2.80. The molecule has 1 unspecified atom stereocenters. The van der Waals surface area contributed by atoms with Gasteiger partial charge in [-0.3, -0.25) is 0 Å². The topological polar surface area (TPSA) is 12.0 Å². The van der Waals surface area contributed by atoms with Gasteiger partial charge in [-0.05, 0) is 50.0 Å². The molecular weight excluding hydrogens is 326 g/mol. The zero-order chi connectivity index (χ0) is 10.6. The molecule has 0 spiro atoms. The molecule has 0 aliphatic carbocycles. The monoisotopic (exact) mass is 335 g/mol. The number of rotatable bonds is 4. The first-order valence-corrected chi connectivity index (χ1v) is 6.70. The van der Waals surface area contributed by atoms with Crippen LogP contribution in [0, 0.1) is 12.3 Å². The van der Waals surface area contributed by atoms with Crippen molar-refractivity contribution in [3.05, 3.63) is 19.2 Å². The molecule has 1 N–H and O–H groups in total. The molecule has 0 aromatic carbocycles. The van der Waals surface area contributed by atoms with Gasteiger partial charge >= 0.3 is 0 Å². The van der Waals surface area contributed by atoms with Gasteiger partial charge in [-0.1, -0.05) is 6.92 Å². The van der Waals surface area contributed by atoms with Crippen molar-refractivity contribution in [1.29, 1.82) is 0 Å². The van der Waals surface area contributed by atoms with Gasteiger partial charge in [0.1, 0.15) is 0 Å². The van der Waals surface area contributed by atoms with Crippen molar-refractivity contribution in [2.45, 2.75) is 19.4 Å². The molecule has 1 heterocycles. The van der Waals surface area contributed by atoms with Crippen LogP contribution < -0.4 is 5.32 Å². The Kier molecular flexibility index (Phi) is 5.18. The van der Waals surface area contributed by atoms with E-state index in [4.69, 9.17) is 6.42 Å². The van der Waals surface area contributed by atoms with Crippen molar-refractivity contribution in [1.82, 2.24) is 5.32 Å². The van der Waals surface area contributed by atoms with E-state index in [9.17, 15) is 0 Å². The maximum absolute atomic E-state index is 5.34. The van der Waals surface area contributed by atoms with Gasteiger partial charge in [0.2, 0.25) is 0 Å². The lowest BCUT2D eigenvalue weighted by Crippen LogP contribution is -2.20. The summed E-state index contributed by atoms with van der Waals surface area (Å²) in [5.41, 5.74) is 1.24. The summed E-state index contributed by atoms with van der Waals surface area (Å²) < 4.78 is 2.27. The van der Waals surface area contributed by atoms with E-state index in [1.54, 1.807) is 11.3 Å². The zero-order valence-electron chi connectivity index (χ0n) is 7.81. The molecule has 0 aliphatic heterocycles. The van der Waals surface area contributed by atoms with Gasteiger partial charge in [0.25, 0.3) is 0 Å². The van der Waals surface area contributed by atoms with E-state index in [0.29, 0.717) is 0 Å². The molecule has 0 radical (unpaired) electrons. The summed E-state index contributed by atoms with van der Waals surface area (Å²) in [5, 5.41) is 3.37. The third-order valence-electron chi connectivity index (χ3n) is 1.83. The minimum absolute atomic E-state index is 0.252. The van der Waals surface area contributed by atoms with Crippen LogP contribution >= 0.6 is 43.2 Å². The summed E-state index contributed by atoms with van der Waals surface area (Å²) in [4.78, 5) is 0. The molecule has 0 fully saturated rings. The molecule has 0 saturated carbocycles. The second kappa shape index (κ2) is 5.92. The van der Waals surface area contributed by atoms with Gasteiger partial charge < -0.3 is 5.32 Å². The average Bonchev–Trinajstić information content (AvgIpc) is 2.45. The zero-order valence-corrected chi connectivity index (χ0v) is 11.8. The van der Waals surface area contributed by atoms with E-state index in [0.717, 1.165) is 20.5 Å². The Bertz CT molecular complexity index is 340. The Hall–Kier alpha value is 0.180. The fourth-order valence-electron chi connectivity index (χ4n) is 1.25. The van der Waals surface area contributed by atoms with E-state index in [-0.39, 0.29) is 6.04 Å². The molecule has 0 aliphatic rings. The lowest BCUT2D eigenvalue weighted by atomic mass is 10.1. The number of nitrogens with one attached hydrogen (secondary N) is 1. The standard InChI is InChI=1S/C10H11Br2NS/c1-3-5-8(13-4-2)7-6-9(11)14-10(7)12/h1,6,8,13H,4-5H2,2H3. The Labute approximate surface area is 106 Å². The summed E-state index contributed by atoms with van der Waals surface area (Å²) in [5.74, 6) is 2.69. The summed E-state index contributed by atoms with van der Waals surface area (Å²) >= 11 is 8.67. The van der Waals surface area contributed by atoms with Crippen molar-refractivity contribution < 1.29 is 0 Å². The molecule has 0 saturated heterocycles. The number of terminal acetylenes is 1. The molecule has 4 heteroatoms. The molecule has 1 atom stereocenters. The highest BCUT2D eigenvalue weighted by molar-refractivity contribution is 9.12. The van der Waals surface area contributed by atoms with Crippen molar-refractivity contribution in [3.63, 3.8) is 0 Å². The van der Waals surface area contributed by atoms with E-state index < -0.39 is 0 Å². The van der Waals surface area contributed by atoms with Crippen LogP contribution in [-0.2, 0) is 0 Å². The Balaban J connectivity index is 2.87. The third kappa shape index (κ3) is 3.09. The number of hydrogen-bond donors (Lipinski definition) is 1. The first-order valence-electron chi connectivity index (χ1n) is 4.30. The van der Waals surface area contributed by atoms with Gasteiger partial charge in [-0.25, -0.2) is 0 Å². The van der Waals surface area contributed by atoms with Crippen molar-refractivity contribution >= 4 is 43.2 Å². The molecule has 1 aromatic heterocycles. The van der Waals surface area contributed by atoms with Gasteiger partial charge in [0.15, 0.2) is 0 Å². The lowest BCUT2D eigenvalue weighted by Gasteiger charge is -2.14. The van der Waals surface area contributed by atoms with E-state index in [2.05, 4.69) is 56.1 Å². The van der Waals surface area contributed by atoms with Crippen LogP contribution in [0.3, 0.4) is 0 Å². The predicted molar refractivity (Wildman–Crippen MR) is 69.6 cm³/mol. The Morgan fingerprint density at radius 3 is 2.79 bits per heavy atom. The lowest BCUT2D eigenvalue weighted by molar-refractivity contribution is 0.565. The predicted octanol–water partition coefficient (Wildman–Crippen LogP) is 3.95. The maximum atomic E-state index is 5.34. The fraction of sp³-hybridized carbons (Fsp3) is 0.400. The summed E-state index contributed by atoms with van der Waals surface area (Å²) in [6.07, 6.45) is 6.06. The van der Waals surface area contributed by atoms with Crippen LogP contribution in [0.1, 0.15) is 24.9 Å².